The predicted octanol–water partition coefficient (Wildman–Crippen LogP) is 2.55. The number of benzene rings is 2. The zero-order valence-corrected chi connectivity index (χ0v) is 17.4. The molecule has 0 spiro atoms. The lowest BCUT2D eigenvalue weighted by Gasteiger charge is -2.22. The van der Waals surface area contributed by atoms with Crippen molar-refractivity contribution in [3.8, 4) is 11.5 Å². The molecule has 0 radical (unpaired) electrons. The van der Waals surface area contributed by atoms with E-state index in [0.717, 1.165) is 30.4 Å². The minimum absolute atomic E-state index is 0.139. The molecule has 156 valence electrons. The van der Waals surface area contributed by atoms with Crippen molar-refractivity contribution >= 4 is 11.9 Å². The van der Waals surface area contributed by atoms with Crippen LogP contribution in [0.15, 0.2) is 53.5 Å². The normalized spacial score (nSPS) is 11.1. The zero-order valence-electron chi connectivity index (χ0n) is 17.4. The number of nitrogens with one attached hydrogen (secondary N) is 1. The lowest BCUT2D eigenvalue weighted by atomic mass is 10.2. The van der Waals surface area contributed by atoms with Crippen molar-refractivity contribution in [2.24, 2.45) is 10.7 Å². The summed E-state index contributed by atoms with van der Waals surface area (Å²) >= 11 is 0. The SMILES string of the molecule is CCNC(=NCc1cccc(OCC(N)=O)c1)N(C)Cc1ccc(OCC)cc1. The first-order chi connectivity index (χ1) is 14.0. The fraction of sp³-hybridized carbons (Fsp3) is 0.364. The number of hydrogen-bond donors (Lipinski definition) is 2. The molecular weight excluding hydrogens is 368 g/mol. The van der Waals surface area contributed by atoms with E-state index in [2.05, 4.69) is 22.3 Å². The topological polar surface area (TPSA) is 89.2 Å². The van der Waals surface area contributed by atoms with Gasteiger partial charge in [-0.15, -0.1) is 0 Å². The molecule has 0 unspecified atom stereocenters. The van der Waals surface area contributed by atoms with Gasteiger partial charge in [0.25, 0.3) is 5.91 Å². The Hall–Kier alpha value is -3.22. The highest BCUT2D eigenvalue weighted by atomic mass is 16.5. The number of nitrogens with two attached hydrogens (primary N) is 1. The van der Waals surface area contributed by atoms with Crippen molar-refractivity contribution in [3.05, 3.63) is 59.7 Å². The molecule has 2 rings (SSSR count). The van der Waals surface area contributed by atoms with Gasteiger partial charge in [-0.1, -0.05) is 24.3 Å². The van der Waals surface area contributed by atoms with Gasteiger partial charge in [0.15, 0.2) is 12.6 Å². The van der Waals surface area contributed by atoms with Crippen molar-refractivity contribution in [3.63, 3.8) is 0 Å². The monoisotopic (exact) mass is 398 g/mol. The maximum absolute atomic E-state index is 10.9. The van der Waals surface area contributed by atoms with Crippen molar-refractivity contribution in [1.29, 1.82) is 0 Å². The van der Waals surface area contributed by atoms with E-state index < -0.39 is 5.91 Å². The molecule has 0 heterocycles. The van der Waals surface area contributed by atoms with E-state index in [9.17, 15) is 4.79 Å². The highest BCUT2D eigenvalue weighted by molar-refractivity contribution is 5.79. The first kappa shape index (κ1) is 22.1. The lowest BCUT2D eigenvalue weighted by Crippen LogP contribution is -2.38. The number of amides is 1. The smallest absolute Gasteiger partial charge is 0.255 e. The second-order valence-electron chi connectivity index (χ2n) is 6.51. The van der Waals surface area contributed by atoms with E-state index in [1.54, 1.807) is 6.07 Å². The van der Waals surface area contributed by atoms with Crippen molar-refractivity contribution in [2.45, 2.75) is 26.9 Å². The third kappa shape index (κ3) is 7.73. The summed E-state index contributed by atoms with van der Waals surface area (Å²) in [6.07, 6.45) is 0. The van der Waals surface area contributed by atoms with Crippen LogP contribution < -0.4 is 20.5 Å². The van der Waals surface area contributed by atoms with Gasteiger partial charge in [0, 0.05) is 20.1 Å². The Morgan fingerprint density at radius 2 is 1.83 bits per heavy atom. The van der Waals surface area contributed by atoms with Gasteiger partial charge in [-0.2, -0.15) is 0 Å². The van der Waals surface area contributed by atoms with Crippen LogP contribution in [0.2, 0.25) is 0 Å². The lowest BCUT2D eigenvalue weighted by molar-refractivity contribution is -0.119. The summed E-state index contributed by atoms with van der Waals surface area (Å²) in [6.45, 7) is 6.52. The molecule has 0 saturated carbocycles. The molecule has 0 aromatic heterocycles. The first-order valence-corrected chi connectivity index (χ1v) is 9.73. The first-order valence-electron chi connectivity index (χ1n) is 9.73. The summed E-state index contributed by atoms with van der Waals surface area (Å²) in [5.74, 6) is 1.78. The molecule has 0 saturated heterocycles. The zero-order chi connectivity index (χ0) is 21.1. The van der Waals surface area contributed by atoms with Crippen LogP contribution in [0, 0.1) is 0 Å². The third-order valence-corrected chi connectivity index (χ3v) is 4.04. The van der Waals surface area contributed by atoms with Gasteiger partial charge in [0.1, 0.15) is 11.5 Å². The van der Waals surface area contributed by atoms with Crippen LogP contribution >= 0.6 is 0 Å². The van der Waals surface area contributed by atoms with Gasteiger partial charge in [0.05, 0.1) is 13.2 Å². The third-order valence-electron chi connectivity index (χ3n) is 4.04. The predicted molar refractivity (Wildman–Crippen MR) is 115 cm³/mol. The average molecular weight is 399 g/mol. The van der Waals surface area contributed by atoms with Gasteiger partial charge < -0.3 is 25.4 Å². The Morgan fingerprint density at radius 3 is 2.48 bits per heavy atom. The van der Waals surface area contributed by atoms with Gasteiger partial charge in [-0.05, 0) is 49.2 Å². The quantitative estimate of drug-likeness (QED) is 0.474. The Bertz CT molecular complexity index is 806. The van der Waals surface area contributed by atoms with Gasteiger partial charge in [-0.3, -0.25) is 4.79 Å². The average Bonchev–Trinajstić information content (AvgIpc) is 2.71. The Kier molecular flexibility index (Phi) is 8.82. The standard InChI is InChI=1S/C22H30N4O3/c1-4-24-22(26(3)15-17-9-11-19(12-10-17)28-5-2)25-14-18-7-6-8-20(13-18)29-16-21(23)27/h6-13H,4-5,14-16H2,1-3H3,(H2,23,27)(H,24,25). The number of carbonyl (C=O) groups excluding carboxylic acids is 1. The maximum Gasteiger partial charge on any atom is 0.255 e. The van der Waals surface area contributed by atoms with Gasteiger partial charge in [-0.25, -0.2) is 4.99 Å². The molecule has 2 aromatic carbocycles. The molecule has 0 aliphatic rings. The highest BCUT2D eigenvalue weighted by Gasteiger charge is 2.07. The van der Waals surface area contributed by atoms with E-state index in [1.807, 2.05) is 51.2 Å². The number of nitrogens with zero attached hydrogens (tertiary/aromatic N) is 2. The van der Waals surface area contributed by atoms with Gasteiger partial charge in [0.2, 0.25) is 0 Å². The second kappa shape index (κ2) is 11.6. The van der Waals surface area contributed by atoms with Crippen molar-refractivity contribution in [2.75, 3.05) is 26.8 Å². The molecule has 0 bridgehead atoms. The van der Waals surface area contributed by atoms with Gasteiger partial charge >= 0.3 is 0 Å². The molecule has 0 aliphatic carbocycles. The van der Waals surface area contributed by atoms with E-state index >= 15 is 0 Å². The number of guanidine groups is 1. The summed E-state index contributed by atoms with van der Waals surface area (Å²) in [7, 11) is 2.00. The van der Waals surface area contributed by atoms with E-state index in [1.165, 1.54) is 5.56 Å². The molecule has 0 fully saturated rings. The molecule has 7 nitrogen and oxygen atoms in total. The summed E-state index contributed by atoms with van der Waals surface area (Å²) in [5.41, 5.74) is 7.28. The Balaban J connectivity index is 2.02. The summed E-state index contributed by atoms with van der Waals surface area (Å²) in [6, 6.07) is 15.6. The summed E-state index contributed by atoms with van der Waals surface area (Å²) < 4.78 is 10.9. The van der Waals surface area contributed by atoms with Crippen LogP contribution in [0.25, 0.3) is 0 Å². The van der Waals surface area contributed by atoms with Crippen LogP contribution in [0.4, 0.5) is 0 Å². The highest BCUT2D eigenvalue weighted by Crippen LogP contribution is 2.15. The second-order valence-corrected chi connectivity index (χ2v) is 6.51. The minimum atomic E-state index is -0.501. The number of hydrogen-bond acceptors (Lipinski definition) is 4. The molecule has 1 amide bonds. The number of rotatable bonds is 10. The fourth-order valence-electron chi connectivity index (χ4n) is 2.73. The van der Waals surface area contributed by atoms with Crippen LogP contribution in [0.5, 0.6) is 11.5 Å². The van der Waals surface area contributed by atoms with Crippen molar-refractivity contribution in [1.82, 2.24) is 10.2 Å². The van der Waals surface area contributed by atoms with Crippen LogP contribution in [0.3, 0.4) is 0 Å². The van der Waals surface area contributed by atoms with E-state index in [-0.39, 0.29) is 6.61 Å². The molecule has 7 heteroatoms. The minimum Gasteiger partial charge on any atom is -0.494 e. The summed E-state index contributed by atoms with van der Waals surface area (Å²) in [5, 5.41) is 3.32. The Morgan fingerprint density at radius 1 is 1.07 bits per heavy atom. The number of primary amides is 1. The van der Waals surface area contributed by atoms with Crippen molar-refractivity contribution < 1.29 is 14.3 Å². The van der Waals surface area contributed by atoms with Crippen LogP contribution in [-0.2, 0) is 17.9 Å². The fourth-order valence-corrected chi connectivity index (χ4v) is 2.73. The molecule has 29 heavy (non-hydrogen) atoms. The molecular formula is C22H30N4O3. The maximum atomic E-state index is 10.9. The molecule has 2 aromatic rings. The molecule has 0 atom stereocenters. The van der Waals surface area contributed by atoms with E-state index in [0.29, 0.717) is 18.9 Å². The largest absolute Gasteiger partial charge is 0.494 e. The number of aliphatic imine (C=N–C) groups is 1. The number of ether oxygens (including phenoxy) is 2. The summed E-state index contributed by atoms with van der Waals surface area (Å²) in [4.78, 5) is 17.7. The Labute approximate surface area is 172 Å². The van der Waals surface area contributed by atoms with Crippen LogP contribution in [0.1, 0.15) is 25.0 Å². The van der Waals surface area contributed by atoms with Crippen LogP contribution in [-0.4, -0.2) is 43.6 Å². The number of carbonyl (C=O) groups is 1. The molecule has 0 aliphatic heterocycles. The molecule has 3 N–H and O–H groups in total. The van der Waals surface area contributed by atoms with E-state index in [4.69, 9.17) is 20.2 Å².